The van der Waals surface area contributed by atoms with Crippen molar-refractivity contribution in [2.45, 2.75) is 33.6 Å². The summed E-state index contributed by atoms with van der Waals surface area (Å²) in [5.74, 6) is 0.387. The number of carbonyl (C=O) groups is 2. The molecule has 4 rings (SSSR count). The van der Waals surface area contributed by atoms with Gasteiger partial charge in [-0.15, -0.1) is 0 Å². The maximum atomic E-state index is 13.3. The van der Waals surface area contributed by atoms with E-state index in [1.807, 2.05) is 37.3 Å². The van der Waals surface area contributed by atoms with Gasteiger partial charge in [0.25, 0.3) is 5.91 Å². The molecule has 1 N–H and O–H groups in total. The lowest BCUT2D eigenvalue weighted by molar-refractivity contribution is -0.130. The molecular formula is C26H29N3O3. The van der Waals surface area contributed by atoms with Crippen LogP contribution in [0.15, 0.2) is 59.1 Å². The third-order valence-electron chi connectivity index (χ3n) is 6.34. The fourth-order valence-electron chi connectivity index (χ4n) is 4.69. The summed E-state index contributed by atoms with van der Waals surface area (Å²) in [5.41, 5.74) is 3.74. The van der Waals surface area contributed by atoms with Crippen molar-refractivity contribution >= 4 is 11.8 Å². The van der Waals surface area contributed by atoms with Gasteiger partial charge in [-0.2, -0.15) is 0 Å². The van der Waals surface area contributed by atoms with E-state index in [0.717, 1.165) is 16.7 Å². The van der Waals surface area contributed by atoms with Gasteiger partial charge < -0.3 is 14.7 Å². The van der Waals surface area contributed by atoms with Gasteiger partial charge in [0.1, 0.15) is 11.3 Å². The number of amides is 2. The Kier molecular flexibility index (Phi) is 6.12. The maximum absolute atomic E-state index is 13.3. The SMILES string of the molecule is CCNC(=O)[C@]1(Cc2ccccc2-c2ccccc2)CCN(C(=O)c2c(C)noc2C)C1. The van der Waals surface area contributed by atoms with Gasteiger partial charge in [-0.1, -0.05) is 59.8 Å². The second kappa shape index (κ2) is 8.99. The van der Waals surface area contributed by atoms with Gasteiger partial charge in [-0.25, -0.2) is 0 Å². The summed E-state index contributed by atoms with van der Waals surface area (Å²) in [4.78, 5) is 28.4. The zero-order valence-corrected chi connectivity index (χ0v) is 18.9. The van der Waals surface area contributed by atoms with Crippen LogP contribution in [0.25, 0.3) is 11.1 Å². The van der Waals surface area contributed by atoms with Gasteiger partial charge >= 0.3 is 0 Å². The molecule has 1 aliphatic heterocycles. The molecule has 32 heavy (non-hydrogen) atoms. The summed E-state index contributed by atoms with van der Waals surface area (Å²) < 4.78 is 5.20. The van der Waals surface area contributed by atoms with Crippen LogP contribution < -0.4 is 5.32 Å². The van der Waals surface area contributed by atoms with E-state index >= 15 is 0 Å². The van der Waals surface area contributed by atoms with Crippen molar-refractivity contribution < 1.29 is 14.1 Å². The zero-order chi connectivity index (χ0) is 22.7. The normalized spacial score (nSPS) is 18.0. The Morgan fingerprint density at radius 1 is 1.09 bits per heavy atom. The minimum Gasteiger partial charge on any atom is -0.361 e. The average Bonchev–Trinajstić information content (AvgIpc) is 3.38. The number of carbonyl (C=O) groups excluding carboxylic acids is 2. The third kappa shape index (κ3) is 4.05. The van der Waals surface area contributed by atoms with Crippen molar-refractivity contribution in [2.24, 2.45) is 5.41 Å². The smallest absolute Gasteiger partial charge is 0.259 e. The Hall–Kier alpha value is -3.41. The van der Waals surface area contributed by atoms with Crippen LogP contribution in [0.2, 0.25) is 0 Å². The first-order valence-corrected chi connectivity index (χ1v) is 11.1. The van der Waals surface area contributed by atoms with Crippen LogP contribution in [-0.2, 0) is 11.2 Å². The van der Waals surface area contributed by atoms with Crippen LogP contribution in [0.4, 0.5) is 0 Å². The number of benzene rings is 2. The van der Waals surface area contributed by atoms with E-state index in [4.69, 9.17) is 4.52 Å². The van der Waals surface area contributed by atoms with Crippen LogP contribution >= 0.6 is 0 Å². The summed E-state index contributed by atoms with van der Waals surface area (Å²) >= 11 is 0. The van der Waals surface area contributed by atoms with Crippen LogP contribution in [0.3, 0.4) is 0 Å². The van der Waals surface area contributed by atoms with Crippen LogP contribution in [-0.4, -0.2) is 41.5 Å². The summed E-state index contributed by atoms with van der Waals surface area (Å²) in [5, 5.41) is 6.94. The van der Waals surface area contributed by atoms with E-state index in [-0.39, 0.29) is 11.8 Å². The first kappa shape index (κ1) is 21.8. The number of nitrogens with one attached hydrogen (secondary N) is 1. The third-order valence-corrected chi connectivity index (χ3v) is 6.34. The van der Waals surface area contributed by atoms with Crippen molar-refractivity contribution in [1.29, 1.82) is 0 Å². The van der Waals surface area contributed by atoms with Gasteiger partial charge in [0.2, 0.25) is 5.91 Å². The number of aryl methyl sites for hydroxylation is 2. The fourth-order valence-corrected chi connectivity index (χ4v) is 4.69. The highest BCUT2D eigenvalue weighted by atomic mass is 16.5. The first-order chi connectivity index (χ1) is 15.4. The highest BCUT2D eigenvalue weighted by Crippen LogP contribution is 2.38. The molecule has 1 fully saturated rings. The van der Waals surface area contributed by atoms with E-state index < -0.39 is 5.41 Å². The average molecular weight is 432 g/mol. The number of hydrogen-bond donors (Lipinski definition) is 1. The Morgan fingerprint density at radius 2 is 1.81 bits per heavy atom. The van der Waals surface area contributed by atoms with Crippen molar-refractivity contribution in [3.63, 3.8) is 0 Å². The van der Waals surface area contributed by atoms with E-state index in [1.165, 1.54) is 0 Å². The molecule has 3 aromatic rings. The molecule has 2 heterocycles. The molecule has 1 aromatic heterocycles. The van der Waals surface area contributed by atoms with E-state index in [2.05, 4.69) is 34.7 Å². The summed E-state index contributed by atoms with van der Waals surface area (Å²) in [6.45, 7) is 6.88. The minimum absolute atomic E-state index is 0.00285. The van der Waals surface area contributed by atoms with Gasteiger partial charge in [-0.05, 0) is 50.3 Å². The van der Waals surface area contributed by atoms with Crippen LogP contribution in [0.1, 0.15) is 40.7 Å². The first-order valence-electron chi connectivity index (χ1n) is 11.1. The lowest BCUT2D eigenvalue weighted by Gasteiger charge is -2.29. The molecule has 6 heteroatoms. The summed E-state index contributed by atoms with van der Waals surface area (Å²) in [7, 11) is 0. The lowest BCUT2D eigenvalue weighted by atomic mass is 9.78. The molecule has 166 valence electrons. The molecule has 2 aromatic carbocycles. The lowest BCUT2D eigenvalue weighted by Crippen LogP contribution is -2.45. The Morgan fingerprint density at radius 3 is 2.50 bits per heavy atom. The monoisotopic (exact) mass is 431 g/mol. The predicted octanol–water partition coefficient (Wildman–Crippen LogP) is 4.17. The molecule has 0 saturated carbocycles. The Labute approximate surface area is 188 Å². The second-order valence-corrected chi connectivity index (χ2v) is 8.52. The molecule has 0 bridgehead atoms. The van der Waals surface area contributed by atoms with Crippen LogP contribution in [0.5, 0.6) is 0 Å². The Balaban J connectivity index is 1.67. The molecule has 0 unspecified atom stereocenters. The van der Waals surface area contributed by atoms with E-state index in [9.17, 15) is 9.59 Å². The Bertz CT molecular complexity index is 1100. The topological polar surface area (TPSA) is 75.4 Å². The molecule has 1 saturated heterocycles. The number of aromatic nitrogens is 1. The van der Waals surface area contributed by atoms with Crippen molar-refractivity contribution in [2.75, 3.05) is 19.6 Å². The molecule has 6 nitrogen and oxygen atoms in total. The van der Waals surface area contributed by atoms with Crippen molar-refractivity contribution in [3.8, 4) is 11.1 Å². The minimum atomic E-state index is -0.685. The highest BCUT2D eigenvalue weighted by Gasteiger charge is 2.46. The van der Waals surface area contributed by atoms with E-state index in [1.54, 1.807) is 18.7 Å². The summed E-state index contributed by atoms with van der Waals surface area (Å²) in [6.07, 6.45) is 1.17. The number of hydrogen-bond acceptors (Lipinski definition) is 4. The highest BCUT2D eigenvalue weighted by molar-refractivity contribution is 5.97. The van der Waals surface area contributed by atoms with Gasteiger partial charge in [0.05, 0.1) is 11.1 Å². The molecule has 0 spiro atoms. The standard InChI is InChI=1S/C26H29N3O3/c1-4-27-25(31)26(14-15-29(17-26)24(30)23-18(2)28-32-19(23)3)16-21-12-8-9-13-22(21)20-10-6-5-7-11-20/h5-13H,4,14-17H2,1-3H3,(H,27,31)/t26-/m0/s1. The number of rotatable bonds is 6. The van der Waals surface area contributed by atoms with Crippen molar-refractivity contribution in [3.05, 3.63) is 77.2 Å². The van der Waals surface area contributed by atoms with Gasteiger partial charge in [0, 0.05) is 19.6 Å². The largest absolute Gasteiger partial charge is 0.361 e. The molecule has 1 aliphatic rings. The molecule has 1 atom stereocenters. The van der Waals surface area contributed by atoms with Gasteiger partial charge in [0.15, 0.2) is 0 Å². The maximum Gasteiger partial charge on any atom is 0.259 e. The van der Waals surface area contributed by atoms with Crippen molar-refractivity contribution in [1.82, 2.24) is 15.4 Å². The predicted molar refractivity (Wildman–Crippen MR) is 123 cm³/mol. The second-order valence-electron chi connectivity index (χ2n) is 8.52. The molecular weight excluding hydrogens is 402 g/mol. The fraction of sp³-hybridized carbons (Fsp3) is 0.346. The quantitative estimate of drug-likeness (QED) is 0.636. The molecule has 2 amide bonds. The van der Waals surface area contributed by atoms with E-state index in [0.29, 0.717) is 49.5 Å². The summed E-state index contributed by atoms with van der Waals surface area (Å²) in [6, 6.07) is 18.4. The zero-order valence-electron chi connectivity index (χ0n) is 18.9. The number of nitrogens with zero attached hydrogens (tertiary/aromatic N) is 2. The molecule has 0 radical (unpaired) electrons. The van der Waals surface area contributed by atoms with Crippen LogP contribution in [0, 0.1) is 19.3 Å². The number of likely N-dealkylation sites (tertiary alicyclic amines) is 1. The molecule has 0 aliphatic carbocycles. The van der Waals surface area contributed by atoms with Gasteiger partial charge in [-0.3, -0.25) is 9.59 Å².